The number of fused-ring (bicyclic) bond motifs is 1. The van der Waals surface area contributed by atoms with Crippen LogP contribution in [0.3, 0.4) is 0 Å². The number of nitrogens with zero attached hydrogens (tertiary/aromatic N) is 2. The SMILES string of the molecule is NC[C@@H]1CN(C(=O)c2ccc3sc(N)nc3c2)CCO1. The van der Waals surface area contributed by atoms with Crippen molar-refractivity contribution in [2.75, 3.05) is 32.0 Å². The van der Waals surface area contributed by atoms with Crippen LogP contribution in [0.1, 0.15) is 10.4 Å². The van der Waals surface area contributed by atoms with Gasteiger partial charge in [-0.2, -0.15) is 0 Å². The number of amides is 1. The van der Waals surface area contributed by atoms with Crippen LogP contribution in [0.25, 0.3) is 10.2 Å². The van der Waals surface area contributed by atoms with Gasteiger partial charge in [-0.1, -0.05) is 11.3 Å². The van der Waals surface area contributed by atoms with Crippen molar-refractivity contribution in [3.63, 3.8) is 0 Å². The highest BCUT2D eigenvalue weighted by molar-refractivity contribution is 7.22. The van der Waals surface area contributed by atoms with Crippen LogP contribution in [-0.4, -0.2) is 48.1 Å². The van der Waals surface area contributed by atoms with Gasteiger partial charge in [-0.05, 0) is 18.2 Å². The third-order valence-electron chi connectivity index (χ3n) is 3.34. The van der Waals surface area contributed by atoms with Gasteiger partial charge in [0.05, 0.1) is 22.9 Å². The largest absolute Gasteiger partial charge is 0.375 e. The van der Waals surface area contributed by atoms with Crippen molar-refractivity contribution >= 4 is 32.6 Å². The van der Waals surface area contributed by atoms with Gasteiger partial charge in [0.1, 0.15) is 0 Å². The summed E-state index contributed by atoms with van der Waals surface area (Å²) in [6, 6.07) is 5.49. The molecule has 7 heteroatoms. The zero-order chi connectivity index (χ0) is 14.1. The molecule has 0 aliphatic carbocycles. The predicted octanol–water partition coefficient (Wildman–Crippen LogP) is 0.678. The zero-order valence-electron chi connectivity index (χ0n) is 10.9. The molecular weight excluding hydrogens is 276 g/mol. The molecule has 0 radical (unpaired) electrons. The maximum Gasteiger partial charge on any atom is 0.254 e. The molecule has 0 spiro atoms. The first-order valence-electron chi connectivity index (χ1n) is 6.44. The molecule has 1 aliphatic rings. The number of morpholine rings is 1. The molecule has 1 aliphatic heterocycles. The normalized spacial score (nSPS) is 19.4. The van der Waals surface area contributed by atoms with Gasteiger partial charge in [0.25, 0.3) is 5.91 Å². The molecule has 3 rings (SSSR count). The maximum atomic E-state index is 12.5. The molecule has 2 aromatic rings. The minimum atomic E-state index is -0.0775. The van der Waals surface area contributed by atoms with Gasteiger partial charge >= 0.3 is 0 Å². The third kappa shape index (κ3) is 2.47. The molecule has 106 valence electrons. The second-order valence-electron chi connectivity index (χ2n) is 4.71. The van der Waals surface area contributed by atoms with Crippen LogP contribution < -0.4 is 11.5 Å². The minimum Gasteiger partial charge on any atom is -0.375 e. The Hall–Kier alpha value is -1.70. The number of carbonyl (C=O) groups excluding carboxylic acids is 1. The van der Waals surface area contributed by atoms with E-state index in [2.05, 4.69) is 4.98 Å². The summed E-state index contributed by atoms with van der Waals surface area (Å²) in [5, 5.41) is 0.513. The number of nitrogen functional groups attached to an aromatic ring is 1. The molecule has 1 fully saturated rings. The standard InChI is InChI=1S/C13H16N4O2S/c14-6-9-7-17(3-4-19-9)12(18)8-1-2-11-10(5-8)16-13(15)20-11/h1-2,5,9H,3-4,6-7,14H2,(H2,15,16)/t9-/m1/s1. The summed E-state index contributed by atoms with van der Waals surface area (Å²) in [5.41, 5.74) is 12.7. The Morgan fingerprint density at radius 1 is 1.55 bits per heavy atom. The van der Waals surface area contributed by atoms with Gasteiger partial charge in [0.2, 0.25) is 0 Å². The predicted molar refractivity (Wildman–Crippen MR) is 78.7 cm³/mol. The highest BCUT2D eigenvalue weighted by Gasteiger charge is 2.24. The van der Waals surface area contributed by atoms with E-state index in [1.165, 1.54) is 11.3 Å². The van der Waals surface area contributed by atoms with Crippen LogP contribution in [-0.2, 0) is 4.74 Å². The average Bonchev–Trinajstić information content (AvgIpc) is 2.85. The Balaban J connectivity index is 1.84. The summed E-state index contributed by atoms with van der Waals surface area (Å²) < 4.78 is 6.46. The highest BCUT2D eigenvalue weighted by atomic mass is 32.1. The summed E-state index contributed by atoms with van der Waals surface area (Å²) in [7, 11) is 0. The van der Waals surface area contributed by atoms with Crippen molar-refractivity contribution in [2.45, 2.75) is 6.10 Å². The summed E-state index contributed by atoms with van der Waals surface area (Å²) in [4.78, 5) is 18.5. The van der Waals surface area contributed by atoms with E-state index in [0.717, 1.165) is 10.2 Å². The molecule has 20 heavy (non-hydrogen) atoms. The maximum absolute atomic E-state index is 12.5. The Morgan fingerprint density at radius 3 is 3.20 bits per heavy atom. The molecule has 1 atom stereocenters. The number of anilines is 1. The van der Waals surface area contributed by atoms with Crippen LogP contribution in [0.15, 0.2) is 18.2 Å². The van der Waals surface area contributed by atoms with Crippen LogP contribution in [0.4, 0.5) is 5.13 Å². The third-order valence-corrected chi connectivity index (χ3v) is 4.21. The highest BCUT2D eigenvalue weighted by Crippen LogP contribution is 2.25. The molecule has 4 N–H and O–H groups in total. The second kappa shape index (κ2) is 5.35. The van der Waals surface area contributed by atoms with Crippen LogP contribution in [0, 0.1) is 0 Å². The van der Waals surface area contributed by atoms with E-state index in [1.807, 2.05) is 12.1 Å². The number of hydrogen-bond acceptors (Lipinski definition) is 6. The van der Waals surface area contributed by atoms with E-state index < -0.39 is 0 Å². The molecule has 1 saturated heterocycles. The lowest BCUT2D eigenvalue weighted by atomic mass is 10.1. The molecule has 0 bridgehead atoms. The number of benzene rings is 1. The fraction of sp³-hybridized carbons (Fsp3) is 0.385. The van der Waals surface area contributed by atoms with Gasteiger partial charge < -0.3 is 21.1 Å². The topological polar surface area (TPSA) is 94.5 Å². The quantitative estimate of drug-likeness (QED) is 0.848. The first-order chi connectivity index (χ1) is 9.67. The van der Waals surface area contributed by atoms with Crippen LogP contribution in [0.2, 0.25) is 0 Å². The molecule has 6 nitrogen and oxygen atoms in total. The number of nitrogens with two attached hydrogens (primary N) is 2. The first-order valence-corrected chi connectivity index (χ1v) is 7.26. The molecule has 1 aromatic heterocycles. The van der Waals surface area contributed by atoms with E-state index in [0.29, 0.717) is 36.9 Å². The average molecular weight is 292 g/mol. The lowest BCUT2D eigenvalue weighted by Crippen LogP contribution is -2.48. The number of thiazole rings is 1. The van der Waals surface area contributed by atoms with Crippen LogP contribution >= 0.6 is 11.3 Å². The van der Waals surface area contributed by atoms with Crippen molar-refractivity contribution in [3.05, 3.63) is 23.8 Å². The Bertz CT molecular complexity index is 642. The molecule has 2 heterocycles. The fourth-order valence-corrected chi connectivity index (χ4v) is 3.02. The second-order valence-corrected chi connectivity index (χ2v) is 5.78. The molecule has 1 amide bonds. The van der Waals surface area contributed by atoms with Crippen molar-refractivity contribution < 1.29 is 9.53 Å². The fourth-order valence-electron chi connectivity index (χ4n) is 2.31. The van der Waals surface area contributed by atoms with E-state index in [-0.39, 0.29) is 12.0 Å². The lowest BCUT2D eigenvalue weighted by Gasteiger charge is -2.32. The zero-order valence-corrected chi connectivity index (χ0v) is 11.7. The summed E-state index contributed by atoms with van der Waals surface area (Å²) in [5.74, 6) is -0.0137. The molecule has 1 aromatic carbocycles. The van der Waals surface area contributed by atoms with Crippen molar-refractivity contribution in [1.29, 1.82) is 0 Å². The number of ether oxygens (including phenoxy) is 1. The smallest absolute Gasteiger partial charge is 0.254 e. The molecule has 0 unspecified atom stereocenters. The Labute approximate surface area is 120 Å². The number of carbonyl (C=O) groups is 1. The van der Waals surface area contributed by atoms with E-state index in [1.54, 1.807) is 11.0 Å². The van der Waals surface area contributed by atoms with E-state index in [9.17, 15) is 4.79 Å². The van der Waals surface area contributed by atoms with Gasteiger partial charge in [0.15, 0.2) is 5.13 Å². The Kier molecular flexibility index (Phi) is 3.56. The summed E-state index contributed by atoms with van der Waals surface area (Å²) in [6.07, 6.45) is -0.0775. The van der Waals surface area contributed by atoms with Crippen molar-refractivity contribution in [1.82, 2.24) is 9.88 Å². The van der Waals surface area contributed by atoms with Gasteiger partial charge in [-0.3, -0.25) is 4.79 Å². The van der Waals surface area contributed by atoms with Gasteiger partial charge in [0, 0.05) is 25.2 Å². The van der Waals surface area contributed by atoms with Gasteiger partial charge in [-0.15, -0.1) is 0 Å². The minimum absolute atomic E-state index is 0.0137. The first kappa shape index (κ1) is 13.3. The summed E-state index contributed by atoms with van der Waals surface area (Å²) in [6.45, 7) is 2.07. The van der Waals surface area contributed by atoms with Gasteiger partial charge in [-0.25, -0.2) is 4.98 Å². The number of rotatable bonds is 2. The van der Waals surface area contributed by atoms with Crippen LogP contribution in [0.5, 0.6) is 0 Å². The number of aromatic nitrogens is 1. The molecule has 0 saturated carbocycles. The van der Waals surface area contributed by atoms with Crippen molar-refractivity contribution in [2.24, 2.45) is 5.73 Å². The van der Waals surface area contributed by atoms with E-state index in [4.69, 9.17) is 16.2 Å². The monoisotopic (exact) mass is 292 g/mol. The van der Waals surface area contributed by atoms with Crippen molar-refractivity contribution in [3.8, 4) is 0 Å². The summed E-state index contributed by atoms with van der Waals surface area (Å²) >= 11 is 1.42. The Morgan fingerprint density at radius 2 is 2.40 bits per heavy atom. The number of hydrogen-bond donors (Lipinski definition) is 2. The van der Waals surface area contributed by atoms with E-state index >= 15 is 0 Å². The molecular formula is C13H16N4O2S. The lowest BCUT2D eigenvalue weighted by molar-refractivity contribution is -0.0167.